The number of fused-ring (bicyclic) bond motifs is 1. The van der Waals surface area contributed by atoms with Gasteiger partial charge in [0.25, 0.3) is 5.56 Å². The minimum absolute atomic E-state index is 0.0549. The Hall–Kier alpha value is -2.82. The molecule has 1 aliphatic rings. The average Bonchev–Trinajstić information content (AvgIpc) is 3.15. The number of aromatic nitrogens is 2. The summed E-state index contributed by atoms with van der Waals surface area (Å²) in [6.45, 7) is 9.36. The van der Waals surface area contributed by atoms with E-state index in [0.29, 0.717) is 17.5 Å². The number of anilines is 1. The maximum Gasteiger partial charge on any atom is 0.265 e. The topological polar surface area (TPSA) is 47.4 Å². The fourth-order valence-electron chi connectivity index (χ4n) is 3.97. The molecule has 0 N–H and O–H groups in total. The van der Waals surface area contributed by atoms with Gasteiger partial charge in [-0.05, 0) is 61.6 Å². The van der Waals surface area contributed by atoms with E-state index in [1.54, 1.807) is 10.9 Å². The van der Waals surface area contributed by atoms with Crippen LogP contribution in [0.2, 0.25) is 0 Å². The zero-order valence-corrected chi connectivity index (χ0v) is 17.5. The summed E-state index contributed by atoms with van der Waals surface area (Å²) >= 11 is 0. The molecule has 5 nitrogen and oxygen atoms in total. The second-order valence-electron chi connectivity index (χ2n) is 8.11. The smallest absolute Gasteiger partial charge is 0.265 e. The number of nitrogens with zero attached hydrogens (tertiary/aromatic N) is 3. The van der Waals surface area contributed by atoms with Gasteiger partial charge < -0.3 is 9.64 Å². The van der Waals surface area contributed by atoms with Crippen molar-refractivity contribution in [2.24, 2.45) is 5.92 Å². The Balaban J connectivity index is 1.64. The summed E-state index contributed by atoms with van der Waals surface area (Å²) in [5, 5.41) is 0.604. The predicted molar refractivity (Wildman–Crippen MR) is 118 cm³/mol. The molecule has 0 amide bonds. The second-order valence-corrected chi connectivity index (χ2v) is 8.11. The number of unbranched alkanes of at least 4 members (excludes halogenated alkanes) is 1. The largest absolute Gasteiger partial charge is 0.494 e. The van der Waals surface area contributed by atoms with Crippen molar-refractivity contribution in [3.63, 3.8) is 0 Å². The summed E-state index contributed by atoms with van der Waals surface area (Å²) in [5.74, 6) is 1.49. The molecule has 29 heavy (non-hydrogen) atoms. The summed E-state index contributed by atoms with van der Waals surface area (Å²) in [4.78, 5) is 20.1. The fraction of sp³-hybridized carbons (Fsp3) is 0.417. The number of benzene rings is 2. The molecule has 1 aliphatic heterocycles. The maximum atomic E-state index is 13.1. The third-order valence-corrected chi connectivity index (χ3v) is 5.73. The van der Waals surface area contributed by atoms with Gasteiger partial charge in [-0.3, -0.25) is 9.36 Å². The highest BCUT2D eigenvalue weighted by Gasteiger charge is 2.19. The third kappa shape index (κ3) is 4.00. The molecule has 2 heterocycles. The van der Waals surface area contributed by atoms with Gasteiger partial charge in [-0.25, -0.2) is 4.98 Å². The van der Waals surface area contributed by atoms with Crippen LogP contribution >= 0.6 is 0 Å². The Labute approximate surface area is 171 Å². The molecule has 0 saturated carbocycles. The normalized spacial score (nSPS) is 16.5. The first-order valence-electron chi connectivity index (χ1n) is 10.6. The van der Waals surface area contributed by atoms with Gasteiger partial charge in [0.05, 0.1) is 23.2 Å². The standard InChI is InChI=1S/C24H29N3O2/c1-4-5-12-29-20-7-8-21-22(14-20)25-16-27(24(21)28)23-9-6-19(13-18(23)3)26-11-10-17(2)15-26/h6-9,13-14,16-17H,4-5,10-12,15H2,1-3H3. The van der Waals surface area contributed by atoms with Crippen molar-refractivity contribution < 1.29 is 4.74 Å². The first-order valence-corrected chi connectivity index (χ1v) is 10.6. The molecule has 1 aromatic heterocycles. The first kappa shape index (κ1) is 19.5. The number of hydrogen-bond donors (Lipinski definition) is 0. The summed E-state index contributed by atoms with van der Waals surface area (Å²) < 4.78 is 7.39. The summed E-state index contributed by atoms with van der Waals surface area (Å²) in [5.41, 5.74) is 3.79. The van der Waals surface area contributed by atoms with Crippen LogP contribution in [0, 0.1) is 12.8 Å². The van der Waals surface area contributed by atoms with Crippen LogP contribution in [0.15, 0.2) is 47.5 Å². The van der Waals surface area contributed by atoms with E-state index in [1.165, 1.54) is 12.1 Å². The quantitative estimate of drug-likeness (QED) is 0.571. The minimum atomic E-state index is -0.0549. The Morgan fingerprint density at radius 3 is 2.79 bits per heavy atom. The highest BCUT2D eigenvalue weighted by Crippen LogP contribution is 2.27. The molecular formula is C24H29N3O2. The zero-order valence-electron chi connectivity index (χ0n) is 17.5. The average molecular weight is 392 g/mol. The fourth-order valence-corrected chi connectivity index (χ4v) is 3.97. The van der Waals surface area contributed by atoms with E-state index >= 15 is 0 Å². The third-order valence-electron chi connectivity index (χ3n) is 5.73. The van der Waals surface area contributed by atoms with Crippen molar-refractivity contribution in [3.8, 4) is 11.4 Å². The van der Waals surface area contributed by atoms with Crippen LogP contribution in [0.25, 0.3) is 16.6 Å². The minimum Gasteiger partial charge on any atom is -0.494 e. The van der Waals surface area contributed by atoms with Crippen LogP contribution in [-0.2, 0) is 0 Å². The molecule has 3 aromatic rings. The van der Waals surface area contributed by atoms with Crippen LogP contribution in [0.5, 0.6) is 5.75 Å². The van der Waals surface area contributed by atoms with Crippen LogP contribution in [0.3, 0.4) is 0 Å². The Kier molecular flexibility index (Phi) is 5.56. The van der Waals surface area contributed by atoms with Crippen molar-refractivity contribution >= 4 is 16.6 Å². The van der Waals surface area contributed by atoms with Gasteiger partial charge in [0.15, 0.2) is 0 Å². The van der Waals surface area contributed by atoms with Gasteiger partial charge in [0, 0.05) is 24.8 Å². The molecule has 2 aromatic carbocycles. The number of aryl methyl sites for hydroxylation is 1. The molecule has 1 atom stereocenters. The van der Waals surface area contributed by atoms with E-state index in [1.807, 2.05) is 24.3 Å². The lowest BCUT2D eigenvalue weighted by atomic mass is 10.1. The van der Waals surface area contributed by atoms with Crippen molar-refractivity contribution in [1.82, 2.24) is 9.55 Å². The molecule has 1 fully saturated rings. The monoisotopic (exact) mass is 391 g/mol. The van der Waals surface area contributed by atoms with Crippen LogP contribution in [0.4, 0.5) is 5.69 Å². The first-order chi connectivity index (χ1) is 14.1. The van der Waals surface area contributed by atoms with E-state index in [0.717, 1.165) is 48.8 Å². The highest BCUT2D eigenvalue weighted by molar-refractivity contribution is 5.79. The Morgan fingerprint density at radius 2 is 2.07 bits per heavy atom. The molecule has 0 radical (unpaired) electrons. The summed E-state index contributed by atoms with van der Waals surface area (Å²) in [7, 11) is 0. The molecule has 4 rings (SSSR count). The molecular weight excluding hydrogens is 362 g/mol. The van der Waals surface area contributed by atoms with Gasteiger partial charge in [-0.15, -0.1) is 0 Å². The van der Waals surface area contributed by atoms with E-state index in [9.17, 15) is 4.79 Å². The highest BCUT2D eigenvalue weighted by atomic mass is 16.5. The van der Waals surface area contributed by atoms with Gasteiger partial charge in [-0.2, -0.15) is 0 Å². The lowest BCUT2D eigenvalue weighted by molar-refractivity contribution is 0.310. The van der Waals surface area contributed by atoms with E-state index in [4.69, 9.17) is 4.74 Å². The zero-order chi connectivity index (χ0) is 20.4. The molecule has 1 unspecified atom stereocenters. The van der Waals surface area contributed by atoms with E-state index in [-0.39, 0.29) is 5.56 Å². The summed E-state index contributed by atoms with van der Waals surface area (Å²) in [6.07, 6.45) is 4.96. The molecule has 0 aliphatic carbocycles. The van der Waals surface area contributed by atoms with Gasteiger partial charge >= 0.3 is 0 Å². The van der Waals surface area contributed by atoms with Gasteiger partial charge in [0.1, 0.15) is 12.1 Å². The number of ether oxygens (including phenoxy) is 1. The predicted octanol–water partition coefficient (Wildman–Crippen LogP) is 4.72. The van der Waals surface area contributed by atoms with E-state index < -0.39 is 0 Å². The number of rotatable bonds is 6. The van der Waals surface area contributed by atoms with Crippen molar-refractivity contribution in [2.45, 2.75) is 40.0 Å². The van der Waals surface area contributed by atoms with Crippen molar-refractivity contribution in [3.05, 3.63) is 58.6 Å². The lowest BCUT2D eigenvalue weighted by Gasteiger charge is -2.20. The molecule has 1 saturated heterocycles. The van der Waals surface area contributed by atoms with Crippen LogP contribution < -0.4 is 15.2 Å². The van der Waals surface area contributed by atoms with Crippen LogP contribution in [0.1, 0.15) is 38.7 Å². The number of hydrogen-bond acceptors (Lipinski definition) is 4. The molecule has 152 valence electrons. The summed E-state index contributed by atoms with van der Waals surface area (Å²) in [6, 6.07) is 11.8. The molecule has 5 heteroatoms. The Bertz CT molecular complexity index is 1070. The molecule has 0 spiro atoms. The molecule has 0 bridgehead atoms. The van der Waals surface area contributed by atoms with Gasteiger partial charge in [-0.1, -0.05) is 20.3 Å². The lowest BCUT2D eigenvalue weighted by Crippen LogP contribution is -2.21. The van der Waals surface area contributed by atoms with E-state index in [2.05, 4.69) is 42.8 Å². The SMILES string of the molecule is CCCCOc1ccc2c(=O)n(-c3ccc(N4CCC(C)C4)cc3C)cnc2c1. The van der Waals surface area contributed by atoms with Crippen molar-refractivity contribution in [2.75, 3.05) is 24.6 Å². The Morgan fingerprint density at radius 1 is 1.21 bits per heavy atom. The van der Waals surface area contributed by atoms with Crippen LogP contribution in [-0.4, -0.2) is 29.2 Å². The second kappa shape index (κ2) is 8.27. The van der Waals surface area contributed by atoms with Crippen molar-refractivity contribution in [1.29, 1.82) is 0 Å². The maximum absolute atomic E-state index is 13.1. The van der Waals surface area contributed by atoms with Gasteiger partial charge in [0.2, 0.25) is 0 Å².